The summed E-state index contributed by atoms with van der Waals surface area (Å²) in [7, 11) is 0. The highest BCUT2D eigenvalue weighted by Gasteiger charge is 2.18. The lowest BCUT2D eigenvalue weighted by atomic mass is 10.00. The zero-order valence-electron chi connectivity index (χ0n) is 11.9. The molecule has 0 saturated carbocycles. The minimum absolute atomic E-state index is 0.265. The van der Waals surface area contributed by atoms with Crippen LogP contribution in [0.15, 0.2) is 40.8 Å². The summed E-state index contributed by atoms with van der Waals surface area (Å²) in [5, 5.41) is 1.57. The number of carbonyl (C=O) groups is 1. The van der Waals surface area contributed by atoms with Crippen LogP contribution in [0, 0.1) is 5.82 Å². The largest absolute Gasteiger partial charge is 0.466 e. The van der Waals surface area contributed by atoms with Crippen LogP contribution in [0.5, 0.6) is 0 Å². The van der Waals surface area contributed by atoms with E-state index in [9.17, 15) is 9.18 Å². The van der Waals surface area contributed by atoms with Crippen molar-refractivity contribution in [1.29, 1.82) is 0 Å². The van der Waals surface area contributed by atoms with Gasteiger partial charge in [0, 0.05) is 10.8 Å². The first kappa shape index (κ1) is 13.6. The summed E-state index contributed by atoms with van der Waals surface area (Å²) in [5.74, 6) is -0.924. The van der Waals surface area contributed by atoms with E-state index in [1.165, 1.54) is 12.1 Å². The second-order valence-electron chi connectivity index (χ2n) is 4.97. The van der Waals surface area contributed by atoms with Crippen LogP contribution in [0.25, 0.3) is 21.9 Å². The summed E-state index contributed by atoms with van der Waals surface area (Å²) >= 11 is 0. The van der Waals surface area contributed by atoms with E-state index in [4.69, 9.17) is 9.15 Å². The topological polar surface area (TPSA) is 39.4 Å². The number of halogens is 1. The summed E-state index contributed by atoms with van der Waals surface area (Å²) in [5.41, 5.74) is 2.09. The maximum absolute atomic E-state index is 13.3. The molecule has 2 aromatic carbocycles. The van der Waals surface area contributed by atoms with Gasteiger partial charge in [0.05, 0.1) is 12.5 Å². The number of benzene rings is 2. The smallest absolute Gasteiger partial charge is 0.313 e. The minimum Gasteiger partial charge on any atom is -0.466 e. The number of rotatable bonds is 3. The molecule has 1 unspecified atom stereocenters. The molecule has 108 valence electrons. The maximum atomic E-state index is 13.3. The third-order valence-corrected chi connectivity index (χ3v) is 3.60. The van der Waals surface area contributed by atoms with E-state index in [0.717, 1.165) is 16.3 Å². The third kappa shape index (κ3) is 2.37. The lowest BCUT2D eigenvalue weighted by Crippen LogP contribution is -2.12. The van der Waals surface area contributed by atoms with Crippen LogP contribution in [0.3, 0.4) is 0 Å². The van der Waals surface area contributed by atoms with Gasteiger partial charge in [-0.25, -0.2) is 4.39 Å². The quantitative estimate of drug-likeness (QED) is 0.670. The van der Waals surface area contributed by atoms with Crippen LogP contribution in [-0.4, -0.2) is 12.6 Å². The van der Waals surface area contributed by atoms with Crippen molar-refractivity contribution in [2.24, 2.45) is 0 Å². The van der Waals surface area contributed by atoms with Crippen LogP contribution in [0.1, 0.15) is 25.3 Å². The number of ether oxygens (including phenoxy) is 1. The zero-order valence-corrected chi connectivity index (χ0v) is 11.9. The summed E-state index contributed by atoms with van der Waals surface area (Å²) in [6, 6.07) is 9.95. The number of carbonyl (C=O) groups excluding carboxylic acids is 1. The molecule has 0 aliphatic rings. The van der Waals surface area contributed by atoms with E-state index in [2.05, 4.69) is 0 Å². The van der Waals surface area contributed by atoms with E-state index in [1.54, 1.807) is 19.9 Å². The molecule has 3 nitrogen and oxygen atoms in total. The zero-order chi connectivity index (χ0) is 15.0. The third-order valence-electron chi connectivity index (χ3n) is 3.60. The van der Waals surface area contributed by atoms with Crippen molar-refractivity contribution >= 4 is 27.9 Å². The first-order chi connectivity index (χ1) is 10.1. The molecule has 0 radical (unpaired) electrons. The molecule has 4 heteroatoms. The molecule has 21 heavy (non-hydrogen) atoms. The Morgan fingerprint density at radius 1 is 1.19 bits per heavy atom. The molecular formula is C17H15FO3. The van der Waals surface area contributed by atoms with Gasteiger partial charge >= 0.3 is 5.97 Å². The van der Waals surface area contributed by atoms with Gasteiger partial charge in [-0.05, 0) is 43.7 Å². The molecule has 0 aliphatic carbocycles. The van der Waals surface area contributed by atoms with Crippen molar-refractivity contribution in [3.05, 3.63) is 47.8 Å². The normalized spacial score (nSPS) is 12.7. The molecule has 1 heterocycles. The van der Waals surface area contributed by atoms with Gasteiger partial charge in [-0.3, -0.25) is 4.79 Å². The Balaban J connectivity index is 2.08. The van der Waals surface area contributed by atoms with Crippen LogP contribution in [0.2, 0.25) is 0 Å². The lowest BCUT2D eigenvalue weighted by molar-refractivity contribution is -0.144. The van der Waals surface area contributed by atoms with E-state index >= 15 is 0 Å². The van der Waals surface area contributed by atoms with Gasteiger partial charge in [0.15, 0.2) is 0 Å². The van der Waals surface area contributed by atoms with Gasteiger partial charge in [0.25, 0.3) is 0 Å². The Kier molecular flexibility index (Phi) is 3.37. The van der Waals surface area contributed by atoms with E-state index in [1.807, 2.05) is 18.2 Å². The fourth-order valence-corrected chi connectivity index (χ4v) is 2.44. The second-order valence-corrected chi connectivity index (χ2v) is 4.97. The van der Waals surface area contributed by atoms with Gasteiger partial charge in [0.2, 0.25) is 0 Å². The highest BCUT2D eigenvalue weighted by Crippen LogP contribution is 2.31. The van der Waals surface area contributed by atoms with Crippen LogP contribution >= 0.6 is 0 Å². The molecule has 0 aliphatic heterocycles. The molecule has 3 aromatic rings. The van der Waals surface area contributed by atoms with Gasteiger partial charge in [-0.15, -0.1) is 0 Å². The maximum Gasteiger partial charge on any atom is 0.313 e. The number of hydrogen-bond donors (Lipinski definition) is 0. The Morgan fingerprint density at radius 3 is 2.76 bits per heavy atom. The van der Waals surface area contributed by atoms with E-state index in [0.29, 0.717) is 17.8 Å². The lowest BCUT2D eigenvalue weighted by Gasteiger charge is -2.10. The van der Waals surface area contributed by atoms with Crippen molar-refractivity contribution < 1.29 is 18.3 Å². The standard InChI is InChI=1S/C17H15FO3/c1-3-20-17(19)10(2)11-4-6-13-14-9-12(18)5-7-15(14)21-16(13)8-11/h4-10H,3H2,1-2H3. The van der Waals surface area contributed by atoms with Gasteiger partial charge in [0.1, 0.15) is 17.0 Å². The highest BCUT2D eigenvalue weighted by atomic mass is 19.1. The van der Waals surface area contributed by atoms with Crippen molar-refractivity contribution in [3.63, 3.8) is 0 Å². The Labute approximate surface area is 121 Å². The summed E-state index contributed by atoms with van der Waals surface area (Å²) in [6.07, 6.45) is 0. The Hall–Kier alpha value is -2.36. The molecular weight excluding hydrogens is 271 g/mol. The number of furan rings is 1. The first-order valence-corrected chi connectivity index (χ1v) is 6.88. The fraction of sp³-hybridized carbons (Fsp3) is 0.235. The monoisotopic (exact) mass is 286 g/mol. The molecule has 0 saturated heterocycles. The Bertz CT molecular complexity index is 819. The van der Waals surface area contributed by atoms with Crippen molar-refractivity contribution in [2.45, 2.75) is 19.8 Å². The van der Waals surface area contributed by atoms with Gasteiger partial charge in [-0.2, -0.15) is 0 Å². The number of fused-ring (bicyclic) bond motifs is 3. The Morgan fingerprint density at radius 2 is 2.00 bits per heavy atom. The molecule has 1 atom stereocenters. The fourth-order valence-electron chi connectivity index (χ4n) is 2.44. The van der Waals surface area contributed by atoms with E-state index < -0.39 is 0 Å². The molecule has 0 spiro atoms. The number of esters is 1. The molecule has 1 aromatic heterocycles. The van der Waals surface area contributed by atoms with Crippen molar-refractivity contribution in [2.75, 3.05) is 6.61 Å². The molecule has 0 fully saturated rings. The summed E-state index contributed by atoms with van der Waals surface area (Å²) in [4.78, 5) is 11.8. The first-order valence-electron chi connectivity index (χ1n) is 6.88. The molecule has 0 N–H and O–H groups in total. The predicted octanol–water partition coefficient (Wildman–Crippen LogP) is 4.39. The van der Waals surface area contributed by atoms with Crippen molar-refractivity contribution in [1.82, 2.24) is 0 Å². The van der Waals surface area contributed by atoms with Gasteiger partial charge < -0.3 is 9.15 Å². The van der Waals surface area contributed by atoms with Crippen LogP contribution in [-0.2, 0) is 9.53 Å². The SMILES string of the molecule is CCOC(=O)C(C)c1ccc2c(c1)oc1ccc(F)cc12. The summed E-state index contributed by atoms with van der Waals surface area (Å²) < 4.78 is 24.1. The molecule has 0 amide bonds. The predicted molar refractivity (Wildman–Crippen MR) is 78.7 cm³/mol. The number of hydrogen-bond acceptors (Lipinski definition) is 3. The average molecular weight is 286 g/mol. The molecule has 0 bridgehead atoms. The minimum atomic E-state index is -0.362. The van der Waals surface area contributed by atoms with Crippen LogP contribution < -0.4 is 0 Å². The average Bonchev–Trinajstić information content (AvgIpc) is 2.83. The van der Waals surface area contributed by atoms with E-state index in [-0.39, 0.29) is 17.7 Å². The second kappa shape index (κ2) is 5.20. The molecule has 3 rings (SSSR count). The highest BCUT2D eigenvalue weighted by molar-refractivity contribution is 6.05. The van der Waals surface area contributed by atoms with Crippen molar-refractivity contribution in [3.8, 4) is 0 Å². The van der Waals surface area contributed by atoms with Gasteiger partial charge in [-0.1, -0.05) is 12.1 Å². The summed E-state index contributed by atoms with van der Waals surface area (Å²) in [6.45, 7) is 3.93. The van der Waals surface area contributed by atoms with Crippen LogP contribution in [0.4, 0.5) is 4.39 Å².